The van der Waals surface area contributed by atoms with Gasteiger partial charge in [-0.25, -0.2) is 4.79 Å². The molecule has 2 aromatic carbocycles. The molecule has 2 heterocycles. The fraction of sp³-hybridized carbons (Fsp3) is 0.308. The molecule has 0 saturated heterocycles. The minimum atomic E-state index is -4.36. The lowest BCUT2D eigenvalue weighted by molar-refractivity contribution is -0.137. The summed E-state index contributed by atoms with van der Waals surface area (Å²) in [5.41, 5.74) is 3.25. The normalized spacial score (nSPS) is 15.3. The van der Waals surface area contributed by atoms with Crippen LogP contribution in [-0.4, -0.2) is 31.7 Å². The van der Waals surface area contributed by atoms with Gasteiger partial charge in [0.25, 0.3) is 0 Å². The first-order chi connectivity index (χ1) is 16.3. The van der Waals surface area contributed by atoms with Gasteiger partial charge >= 0.3 is 12.1 Å². The lowest BCUT2D eigenvalue weighted by Gasteiger charge is -2.28. The molecule has 0 radical (unpaired) electrons. The number of alkyl halides is 3. The fourth-order valence-electron chi connectivity index (χ4n) is 4.25. The first kappa shape index (κ1) is 23.6. The van der Waals surface area contributed by atoms with Crippen LogP contribution in [0.15, 0.2) is 60.9 Å². The maximum absolute atomic E-state index is 12.9. The second-order valence-electron chi connectivity index (χ2n) is 8.22. The van der Waals surface area contributed by atoms with E-state index < -0.39 is 11.7 Å². The van der Waals surface area contributed by atoms with Gasteiger partial charge in [0.05, 0.1) is 24.8 Å². The van der Waals surface area contributed by atoms with Crippen LogP contribution in [0.25, 0.3) is 0 Å². The molecule has 4 rings (SSSR count). The second kappa shape index (κ2) is 9.75. The number of ether oxygens (including phenoxy) is 2. The summed E-state index contributed by atoms with van der Waals surface area (Å²) in [6.45, 7) is 0.571. The topological polar surface area (TPSA) is 51.7 Å². The number of fused-ring (bicyclic) bond motifs is 1. The lowest BCUT2D eigenvalue weighted by atomic mass is 9.87. The molecule has 1 aromatic heterocycles. The molecule has 5 nitrogen and oxygen atoms in total. The van der Waals surface area contributed by atoms with Crippen LogP contribution in [0, 0.1) is 0 Å². The summed E-state index contributed by atoms with van der Waals surface area (Å²) >= 11 is 0. The van der Waals surface area contributed by atoms with Crippen molar-refractivity contribution in [1.29, 1.82) is 0 Å². The molecule has 8 heteroatoms. The third-order valence-corrected chi connectivity index (χ3v) is 6.20. The summed E-state index contributed by atoms with van der Waals surface area (Å²) in [6, 6.07) is 12.6. The molecule has 0 amide bonds. The number of halogens is 3. The Hall–Kier alpha value is -3.55. The second-order valence-corrected chi connectivity index (χ2v) is 8.22. The van der Waals surface area contributed by atoms with Gasteiger partial charge < -0.3 is 14.4 Å². The number of esters is 1. The lowest BCUT2D eigenvalue weighted by Crippen LogP contribution is -2.17. The zero-order chi connectivity index (χ0) is 24.3. The number of aromatic nitrogens is 1. The van der Waals surface area contributed by atoms with E-state index in [1.165, 1.54) is 19.2 Å². The summed E-state index contributed by atoms with van der Waals surface area (Å²) in [4.78, 5) is 18.0. The number of carbonyl (C=O) groups excluding carboxylic acids is 1. The maximum atomic E-state index is 12.9. The predicted octanol–water partition coefficient (Wildman–Crippen LogP) is 6.15. The van der Waals surface area contributed by atoms with Crippen LogP contribution in [0.5, 0.6) is 5.75 Å². The maximum Gasteiger partial charge on any atom is 0.416 e. The van der Waals surface area contributed by atoms with Crippen molar-refractivity contribution in [1.82, 2.24) is 4.98 Å². The number of benzene rings is 2. The van der Waals surface area contributed by atoms with E-state index in [9.17, 15) is 18.0 Å². The quantitative estimate of drug-likeness (QED) is 0.404. The minimum absolute atomic E-state index is 0.250. The van der Waals surface area contributed by atoms with E-state index in [2.05, 4.69) is 4.98 Å². The van der Waals surface area contributed by atoms with E-state index >= 15 is 0 Å². The van der Waals surface area contributed by atoms with E-state index in [0.717, 1.165) is 47.5 Å². The highest BCUT2D eigenvalue weighted by Crippen LogP contribution is 2.40. The number of anilines is 2. The highest BCUT2D eigenvalue weighted by atomic mass is 19.4. The Morgan fingerprint density at radius 1 is 1.15 bits per heavy atom. The number of hydrogen-bond acceptors (Lipinski definition) is 5. The van der Waals surface area contributed by atoms with Gasteiger partial charge in [0, 0.05) is 36.9 Å². The zero-order valence-electron chi connectivity index (χ0n) is 18.9. The van der Waals surface area contributed by atoms with E-state index in [0.29, 0.717) is 24.3 Å². The van der Waals surface area contributed by atoms with Crippen LogP contribution in [0.4, 0.5) is 24.5 Å². The molecule has 1 atom stereocenters. The van der Waals surface area contributed by atoms with Crippen molar-refractivity contribution in [2.45, 2.75) is 31.4 Å². The molecule has 0 bridgehead atoms. The Kier molecular flexibility index (Phi) is 6.77. The molecule has 0 spiro atoms. The molecule has 178 valence electrons. The highest BCUT2D eigenvalue weighted by Gasteiger charge is 2.30. The molecule has 0 aliphatic carbocycles. The SMILES string of the molecule is COC(=O)c1ccncc1CC[C@@H]1CCOc2cc(N(C)c3ccc(C(F)(F)F)cc3)ccc21. The van der Waals surface area contributed by atoms with Crippen LogP contribution in [-0.2, 0) is 17.3 Å². The number of nitrogens with zero attached hydrogens (tertiary/aromatic N) is 2. The highest BCUT2D eigenvalue weighted by molar-refractivity contribution is 5.90. The van der Waals surface area contributed by atoms with Crippen molar-refractivity contribution < 1.29 is 27.4 Å². The summed E-state index contributed by atoms with van der Waals surface area (Å²) in [7, 11) is 3.17. The molecule has 0 saturated carbocycles. The Bertz CT molecular complexity index is 1160. The number of aryl methyl sites for hydroxylation is 1. The van der Waals surface area contributed by atoms with Gasteiger partial charge in [0.2, 0.25) is 0 Å². The average molecular weight is 470 g/mol. The van der Waals surface area contributed by atoms with Gasteiger partial charge in [-0.05, 0) is 72.7 Å². The summed E-state index contributed by atoms with van der Waals surface area (Å²) in [5.74, 6) is 0.646. The number of rotatable bonds is 6. The summed E-state index contributed by atoms with van der Waals surface area (Å²) in [5, 5.41) is 0. The molecule has 3 aromatic rings. The molecule has 0 unspecified atom stereocenters. The zero-order valence-corrected chi connectivity index (χ0v) is 18.9. The molecule has 1 aliphatic heterocycles. The first-order valence-electron chi connectivity index (χ1n) is 11.0. The Morgan fingerprint density at radius 3 is 2.59 bits per heavy atom. The van der Waals surface area contributed by atoms with Crippen molar-refractivity contribution in [3.05, 3.63) is 83.2 Å². The van der Waals surface area contributed by atoms with Crippen LogP contribution in [0.1, 0.15) is 45.8 Å². The molecular formula is C26H25F3N2O3. The smallest absolute Gasteiger partial charge is 0.416 e. The van der Waals surface area contributed by atoms with Crippen LogP contribution in [0.2, 0.25) is 0 Å². The number of methoxy groups -OCH3 is 1. The van der Waals surface area contributed by atoms with E-state index in [-0.39, 0.29) is 11.9 Å². The minimum Gasteiger partial charge on any atom is -0.493 e. The average Bonchev–Trinajstić information content (AvgIpc) is 2.86. The first-order valence-corrected chi connectivity index (χ1v) is 11.0. The van der Waals surface area contributed by atoms with Crippen molar-refractivity contribution in [2.75, 3.05) is 25.7 Å². The molecule has 34 heavy (non-hydrogen) atoms. The predicted molar refractivity (Wildman–Crippen MR) is 123 cm³/mol. The van der Waals surface area contributed by atoms with Gasteiger partial charge in [-0.15, -0.1) is 0 Å². The monoisotopic (exact) mass is 470 g/mol. The summed E-state index contributed by atoms with van der Waals surface area (Å²) in [6.07, 6.45) is 1.27. The van der Waals surface area contributed by atoms with Crippen molar-refractivity contribution in [3.8, 4) is 5.75 Å². The van der Waals surface area contributed by atoms with Crippen LogP contribution < -0.4 is 9.64 Å². The van der Waals surface area contributed by atoms with E-state index in [1.807, 2.05) is 23.1 Å². The van der Waals surface area contributed by atoms with Gasteiger partial charge in [0.1, 0.15) is 5.75 Å². The summed E-state index contributed by atoms with van der Waals surface area (Å²) < 4.78 is 49.4. The Morgan fingerprint density at radius 2 is 1.88 bits per heavy atom. The Balaban J connectivity index is 1.50. The van der Waals surface area contributed by atoms with Gasteiger partial charge in [-0.2, -0.15) is 13.2 Å². The Labute approximate surface area is 196 Å². The van der Waals surface area contributed by atoms with Gasteiger partial charge in [-0.3, -0.25) is 4.98 Å². The standard InChI is InChI=1S/C26H25F3N2O3/c1-31(20-7-5-19(6-8-20)26(27,28)29)21-9-10-22-17(12-14-34-24(22)15-21)3-4-18-16-30-13-11-23(18)25(32)33-2/h5-11,13,15-17H,3-4,12,14H2,1-2H3/t17-/m1/s1. The van der Waals surface area contributed by atoms with Crippen LogP contribution >= 0.6 is 0 Å². The van der Waals surface area contributed by atoms with E-state index in [1.54, 1.807) is 25.5 Å². The van der Waals surface area contributed by atoms with Crippen molar-refractivity contribution in [2.24, 2.45) is 0 Å². The third kappa shape index (κ3) is 5.00. The van der Waals surface area contributed by atoms with Gasteiger partial charge in [-0.1, -0.05) is 6.07 Å². The molecule has 0 fully saturated rings. The fourth-order valence-corrected chi connectivity index (χ4v) is 4.25. The van der Waals surface area contributed by atoms with Crippen LogP contribution in [0.3, 0.4) is 0 Å². The van der Waals surface area contributed by atoms with Gasteiger partial charge in [0.15, 0.2) is 0 Å². The van der Waals surface area contributed by atoms with E-state index in [4.69, 9.17) is 9.47 Å². The number of hydrogen-bond donors (Lipinski definition) is 0. The molecular weight excluding hydrogens is 445 g/mol. The largest absolute Gasteiger partial charge is 0.493 e. The third-order valence-electron chi connectivity index (χ3n) is 6.20. The number of pyridine rings is 1. The molecule has 1 aliphatic rings. The molecule has 0 N–H and O–H groups in total. The number of carbonyl (C=O) groups is 1. The van der Waals surface area contributed by atoms with Crippen molar-refractivity contribution in [3.63, 3.8) is 0 Å². The van der Waals surface area contributed by atoms with Crippen molar-refractivity contribution >= 4 is 17.3 Å².